The molecule has 1 N–H and O–H groups in total. The summed E-state index contributed by atoms with van der Waals surface area (Å²) >= 11 is 0. The molecule has 0 heterocycles. The van der Waals surface area contributed by atoms with Crippen LogP contribution in [0.15, 0.2) is 18.2 Å². The van der Waals surface area contributed by atoms with E-state index in [1.54, 1.807) is 0 Å². The molecule has 82 valence electrons. The molecule has 1 rings (SSSR count). The van der Waals surface area contributed by atoms with Crippen molar-refractivity contribution < 1.29 is 19.1 Å². The second-order valence-electron chi connectivity index (χ2n) is 3.12. The first-order valence-corrected chi connectivity index (χ1v) is 4.52. The number of hydrogen-bond donors (Lipinski definition) is 1. The molecule has 4 heteroatoms. The number of rotatable bonds is 2. The highest BCUT2D eigenvalue weighted by molar-refractivity contribution is 5.96. The lowest BCUT2D eigenvalue weighted by atomic mass is 10.0. The van der Waals surface area contributed by atoms with Gasteiger partial charge in [0, 0.05) is 11.1 Å². The van der Waals surface area contributed by atoms with E-state index >= 15 is 0 Å². The maximum Gasteiger partial charge on any atom is 0.315 e. The monoisotopic (exact) mass is 220 g/mol. The Kier molecular flexibility index (Phi) is 3.78. The fraction of sp³-hybridized carbons (Fsp3) is 0.167. The lowest BCUT2D eigenvalue weighted by molar-refractivity contribution is -0.135. The van der Waals surface area contributed by atoms with E-state index in [-0.39, 0.29) is 17.8 Å². The van der Waals surface area contributed by atoms with Crippen LogP contribution in [0.3, 0.4) is 0 Å². The first-order valence-electron chi connectivity index (χ1n) is 4.52. The van der Waals surface area contributed by atoms with Crippen molar-refractivity contribution in [1.82, 2.24) is 0 Å². The Hall–Kier alpha value is -2.15. The first kappa shape index (κ1) is 11.9. The minimum absolute atomic E-state index is 0.165. The van der Waals surface area contributed by atoms with Crippen LogP contribution in [0.2, 0.25) is 0 Å². The lowest BCUT2D eigenvalue weighted by Crippen LogP contribution is -1.98. The first-order chi connectivity index (χ1) is 7.50. The minimum atomic E-state index is -1.04. The molecule has 0 aromatic heterocycles. The molecule has 0 amide bonds. The zero-order chi connectivity index (χ0) is 12.1. The molecular weight excluding hydrogens is 211 g/mol. The third-order valence-electron chi connectivity index (χ3n) is 1.82. The van der Waals surface area contributed by atoms with Crippen LogP contribution in [0.4, 0.5) is 4.39 Å². The number of halogens is 1. The Morgan fingerprint density at radius 1 is 1.44 bits per heavy atom. The molecule has 1 aromatic rings. The van der Waals surface area contributed by atoms with Crippen LogP contribution in [-0.2, 0) is 4.79 Å². The molecule has 0 spiro atoms. The molecule has 0 fully saturated rings. The van der Waals surface area contributed by atoms with E-state index in [1.807, 2.05) is 0 Å². The molecular formula is C12H9FO3. The summed E-state index contributed by atoms with van der Waals surface area (Å²) < 4.78 is 12.9. The van der Waals surface area contributed by atoms with Crippen LogP contribution in [0.1, 0.15) is 29.3 Å². The molecule has 0 atom stereocenters. The van der Waals surface area contributed by atoms with Crippen LogP contribution in [0.25, 0.3) is 0 Å². The Labute approximate surface area is 91.9 Å². The van der Waals surface area contributed by atoms with Gasteiger partial charge in [0.2, 0.25) is 0 Å². The number of carbonyl (C=O) groups excluding carboxylic acids is 1. The Morgan fingerprint density at radius 3 is 2.69 bits per heavy atom. The molecule has 0 radical (unpaired) electrons. The minimum Gasteiger partial charge on any atom is -0.481 e. The maximum atomic E-state index is 12.9. The van der Waals surface area contributed by atoms with E-state index in [9.17, 15) is 14.0 Å². The van der Waals surface area contributed by atoms with Crippen molar-refractivity contribution in [2.24, 2.45) is 0 Å². The molecule has 1 aromatic carbocycles. The highest BCUT2D eigenvalue weighted by Crippen LogP contribution is 2.11. The maximum absolute atomic E-state index is 12.9. The third-order valence-corrected chi connectivity index (χ3v) is 1.82. The SMILES string of the molecule is CC(=O)c1cc(F)ccc1C#CCC(=O)O. The largest absolute Gasteiger partial charge is 0.481 e. The number of Topliss-reactive ketones (excluding diaryl/α,β-unsaturated/α-hetero) is 1. The van der Waals surface area contributed by atoms with Crippen LogP contribution in [-0.4, -0.2) is 16.9 Å². The smallest absolute Gasteiger partial charge is 0.315 e. The van der Waals surface area contributed by atoms with Gasteiger partial charge >= 0.3 is 5.97 Å². The highest BCUT2D eigenvalue weighted by Gasteiger charge is 2.06. The average Bonchev–Trinajstić information content (AvgIpc) is 2.19. The van der Waals surface area contributed by atoms with Gasteiger partial charge < -0.3 is 5.11 Å². The van der Waals surface area contributed by atoms with Crippen molar-refractivity contribution in [1.29, 1.82) is 0 Å². The van der Waals surface area contributed by atoms with E-state index in [4.69, 9.17) is 5.11 Å². The van der Waals surface area contributed by atoms with Gasteiger partial charge in [-0.15, -0.1) is 0 Å². The third kappa shape index (κ3) is 3.21. The number of benzene rings is 1. The van der Waals surface area contributed by atoms with Crippen molar-refractivity contribution in [2.45, 2.75) is 13.3 Å². The Balaban J connectivity index is 3.07. The highest BCUT2D eigenvalue weighted by atomic mass is 19.1. The van der Waals surface area contributed by atoms with Gasteiger partial charge in [0.1, 0.15) is 12.2 Å². The molecule has 3 nitrogen and oxygen atoms in total. The van der Waals surface area contributed by atoms with Crippen LogP contribution in [0.5, 0.6) is 0 Å². The summed E-state index contributed by atoms with van der Waals surface area (Å²) in [6.45, 7) is 1.30. The molecule has 0 aliphatic rings. The topological polar surface area (TPSA) is 54.4 Å². The van der Waals surface area contributed by atoms with Gasteiger partial charge in [-0.25, -0.2) is 4.39 Å². The number of ketones is 1. The van der Waals surface area contributed by atoms with Gasteiger partial charge in [-0.2, -0.15) is 0 Å². The normalized spacial score (nSPS) is 9.12. The fourth-order valence-electron chi connectivity index (χ4n) is 1.13. The number of hydrogen-bond acceptors (Lipinski definition) is 2. The number of aliphatic carboxylic acids is 1. The van der Waals surface area contributed by atoms with Crippen molar-refractivity contribution in [3.63, 3.8) is 0 Å². The van der Waals surface area contributed by atoms with E-state index < -0.39 is 11.8 Å². The summed E-state index contributed by atoms with van der Waals surface area (Å²) in [6.07, 6.45) is -0.311. The summed E-state index contributed by atoms with van der Waals surface area (Å²) in [5.41, 5.74) is 0.507. The van der Waals surface area contributed by atoms with Gasteiger partial charge in [0.15, 0.2) is 5.78 Å². The van der Waals surface area contributed by atoms with E-state index in [0.717, 1.165) is 6.07 Å². The quantitative estimate of drug-likeness (QED) is 0.611. The zero-order valence-electron chi connectivity index (χ0n) is 8.58. The Bertz CT molecular complexity index is 495. The van der Waals surface area contributed by atoms with Crippen LogP contribution >= 0.6 is 0 Å². The molecule has 0 saturated carbocycles. The zero-order valence-corrected chi connectivity index (χ0v) is 8.58. The van der Waals surface area contributed by atoms with Crippen molar-refractivity contribution in [3.8, 4) is 11.8 Å². The number of carboxylic acid groups (broad SMARTS) is 1. The van der Waals surface area contributed by atoms with Gasteiger partial charge in [0.25, 0.3) is 0 Å². The molecule has 0 bridgehead atoms. The second kappa shape index (κ2) is 5.08. The number of carbonyl (C=O) groups is 2. The Morgan fingerprint density at radius 2 is 2.12 bits per heavy atom. The van der Waals surface area contributed by atoms with Gasteiger partial charge in [-0.1, -0.05) is 11.8 Å². The molecule has 0 aliphatic heterocycles. The summed E-state index contributed by atoms with van der Waals surface area (Å²) in [5, 5.41) is 8.38. The standard InChI is InChI=1S/C12H9FO3/c1-8(14)11-7-10(13)6-5-9(11)3-2-4-12(15)16/h5-7H,4H2,1H3,(H,15,16). The second-order valence-corrected chi connectivity index (χ2v) is 3.12. The average molecular weight is 220 g/mol. The summed E-state index contributed by atoms with van der Waals surface area (Å²) in [7, 11) is 0. The van der Waals surface area contributed by atoms with Crippen molar-refractivity contribution in [2.75, 3.05) is 0 Å². The van der Waals surface area contributed by atoms with Crippen LogP contribution in [0, 0.1) is 17.7 Å². The predicted octanol–water partition coefficient (Wildman–Crippen LogP) is 1.85. The fourth-order valence-corrected chi connectivity index (χ4v) is 1.13. The van der Waals surface area contributed by atoms with E-state index in [2.05, 4.69) is 11.8 Å². The molecule has 0 unspecified atom stereocenters. The summed E-state index contributed by atoms with van der Waals surface area (Å²) in [4.78, 5) is 21.4. The number of carboxylic acids is 1. The summed E-state index contributed by atoms with van der Waals surface area (Å²) in [5.74, 6) is 3.06. The van der Waals surface area contributed by atoms with Gasteiger partial charge in [0.05, 0.1) is 0 Å². The molecule has 16 heavy (non-hydrogen) atoms. The predicted molar refractivity (Wildman–Crippen MR) is 55.5 cm³/mol. The van der Waals surface area contributed by atoms with E-state index in [0.29, 0.717) is 5.56 Å². The van der Waals surface area contributed by atoms with Gasteiger partial charge in [-0.05, 0) is 25.1 Å². The summed E-state index contributed by atoms with van der Waals surface area (Å²) in [6, 6.07) is 3.63. The van der Waals surface area contributed by atoms with Crippen LogP contribution < -0.4 is 0 Å². The van der Waals surface area contributed by atoms with Crippen molar-refractivity contribution in [3.05, 3.63) is 35.1 Å². The molecule has 0 saturated heterocycles. The van der Waals surface area contributed by atoms with E-state index in [1.165, 1.54) is 19.1 Å². The lowest BCUT2D eigenvalue weighted by Gasteiger charge is -1.99. The van der Waals surface area contributed by atoms with Gasteiger partial charge in [-0.3, -0.25) is 9.59 Å². The van der Waals surface area contributed by atoms with Crippen molar-refractivity contribution >= 4 is 11.8 Å². The molecule has 0 aliphatic carbocycles.